The number of rotatable bonds is 4. The molecule has 1 fully saturated rings. The third-order valence-corrected chi connectivity index (χ3v) is 4.91. The molecule has 1 aliphatic rings. The number of thioether (sulfide) groups is 1. The number of hydrogen-bond acceptors (Lipinski definition) is 6. The van der Waals surface area contributed by atoms with Gasteiger partial charge in [-0.25, -0.2) is 0 Å². The van der Waals surface area contributed by atoms with E-state index < -0.39 is 0 Å². The quantitative estimate of drug-likeness (QED) is 0.852. The summed E-state index contributed by atoms with van der Waals surface area (Å²) in [6, 6.07) is 9.50. The summed E-state index contributed by atoms with van der Waals surface area (Å²) in [6.07, 6.45) is 2.33. The van der Waals surface area contributed by atoms with Crippen molar-refractivity contribution in [2.75, 3.05) is 24.2 Å². The van der Waals surface area contributed by atoms with Crippen molar-refractivity contribution in [1.82, 2.24) is 15.1 Å². The van der Waals surface area contributed by atoms with Crippen LogP contribution in [0.15, 0.2) is 34.7 Å². The minimum absolute atomic E-state index is 0.0987. The molecule has 0 atom stereocenters. The van der Waals surface area contributed by atoms with Crippen molar-refractivity contribution in [2.24, 2.45) is 0 Å². The Balaban J connectivity index is 1.50. The fraction of sp³-hybridized carbons (Fsp3) is 0.333. The van der Waals surface area contributed by atoms with Crippen LogP contribution in [0.25, 0.3) is 11.5 Å². The Morgan fingerprint density at radius 2 is 2.00 bits per heavy atom. The molecule has 23 heavy (non-hydrogen) atoms. The molecule has 0 bridgehead atoms. The maximum absolute atomic E-state index is 11.9. The van der Waals surface area contributed by atoms with Crippen LogP contribution >= 0.6 is 24.0 Å². The topological polar surface area (TPSA) is 71.3 Å². The molecule has 1 aliphatic heterocycles. The predicted octanol–water partition coefficient (Wildman–Crippen LogP) is 2.79. The number of benzene rings is 1. The van der Waals surface area contributed by atoms with Crippen LogP contribution in [0, 0.1) is 0 Å². The number of hydrogen-bond donors (Lipinski definition) is 1. The van der Waals surface area contributed by atoms with E-state index in [2.05, 4.69) is 20.4 Å². The molecule has 1 saturated heterocycles. The first-order valence-electron chi connectivity index (χ1n) is 7.33. The SMILES string of the molecule is O=C(CSC(=S)N1CCCC1)Nc1nnc(-c2ccccc2)o1. The molecule has 0 radical (unpaired) electrons. The van der Waals surface area contributed by atoms with Crippen molar-refractivity contribution in [1.29, 1.82) is 0 Å². The van der Waals surface area contributed by atoms with Crippen LogP contribution < -0.4 is 5.32 Å². The summed E-state index contributed by atoms with van der Waals surface area (Å²) < 4.78 is 6.21. The minimum Gasteiger partial charge on any atom is -0.403 e. The zero-order valence-electron chi connectivity index (χ0n) is 12.4. The van der Waals surface area contributed by atoms with Gasteiger partial charge in [-0.3, -0.25) is 10.1 Å². The maximum atomic E-state index is 11.9. The van der Waals surface area contributed by atoms with Crippen molar-refractivity contribution in [2.45, 2.75) is 12.8 Å². The van der Waals surface area contributed by atoms with Gasteiger partial charge >= 0.3 is 6.01 Å². The molecular formula is C15H16N4O2S2. The van der Waals surface area contributed by atoms with Crippen LogP contribution in [0.2, 0.25) is 0 Å². The molecule has 6 nitrogen and oxygen atoms in total. The number of likely N-dealkylation sites (tertiary alicyclic amines) is 1. The second kappa shape index (κ2) is 7.56. The lowest BCUT2D eigenvalue weighted by atomic mass is 10.2. The summed E-state index contributed by atoms with van der Waals surface area (Å²) in [5.41, 5.74) is 0.810. The smallest absolute Gasteiger partial charge is 0.322 e. The van der Waals surface area contributed by atoms with Crippen molar-refractivity contribution in [3.63, 3.8) is 0 Å². The van der Waals surface area contributed by atoms with E-state index in [-0.39, 0.29) is 17.7 Å². The summed E-state index contributed by atoms with van der Waals surface area (Å²) in [7, 11) is 0. The number of carbonyl (C=O) groups is 1. The number of nitrogens with one attached hydrogen (secondary N) is 1. The zero-order valence-corrected chi connectivity index (χ0v) is 14.0. The third kappa shape index (κ3) is 4.29. The van der Waals surface area contributed by atoms with E-state index in [0.29, 0.717) is 5.89 Å². The van der Waals surface area contributed by atoms with Gasteiger partial charge < -0.3 is 9.32 Å². The monoisotopic (exact) mass is 348 g/mol. The molecule has 3 rings (SSSR count). The van der Waals surface area contributed by atoms with Crippen LogP contribution in [0.5, 0.6) is 0 Å². The Kier molecular flexibility index (Phi) is 5.24. The number of amides is 1. The molecule has 2 heterocycles. The first-order chi connectivity index (χ1) is 11.2. The van der Waals surface area contributed by atoms with Crippen molar-refractivity contribution >= 4 is 40.2 Å². The average molecular weight is 348 g/mol. The highest BCUT2D eigenvalue weighted by molar-refractivity contribution is 8.23. The van der Waals surface area contributed by atoms with Crippen molar-refractivity contribution in [3.05, 3.63) is 30.3 Å². The molecule has 0 unspecified atom stereocenters. The first kappa shape index (κ1) is 15.9. The van der Waals surface area contributed by atoms with Crippen LogP contribution in [-0.2, 0) is 4.79 Å². The van der Waals surface area contributed by atoms with E-state index in [0.717, 1.165) is 35.8 Å². The van der Waals surface area contributed by atoms with Gasteiger partial charge in [-0.1, -0.05) is 47.3 Å². The van der Waals surface area contributed by atoms with Crippen LogP contribution in [0.1, 0.15) is 12.8 Å². The van der Waals surface area contributed by atoms with Gasteiger partial charge in [0.05, 0.1) is 5.75 Å². The first-order valence-corrected chi connectivity index (χ1v) is 8.72. The summed E-state index contributed by atoms with van der Waals surface area (Å²) in [6.45, 7) is 1.97. The fourth-order valence-corrected chi connectivity index (χ4v) is 3.30. The lowest BCUT2D eigenvalue weighted by Crippen LogP contribution is -2.25. The number of nitrogens with zero attached hydrogens (tertiary/aromatic N) is 3. The Morgan fingerprint density at radius 3 is 2.74 bits per heavy atom. The summed E-state index contributed by atoms with van der Waals surface area (Å²) in [5, 5.41) is 10.4. The molecule has 8 heteroatoms. The molecule has 1 aromatic heterocycles. The minimum atomic E-state index is -0.209. The number of carbonyl (C=O) groups excluding carboxylic acids is 1. The van der Waals surface area contributed by atoms with Gasteiger partial charge in [-0.2, -0.15) is 0 Å². The average Bonchev–Trinajstić information content (AvgIpc) is 3.25. The van der Waals surface area contributed by atoms with E-state index in [9.17, 15) is 4.79 Å². The number of aromatic nitrogens is 2. The van der Waals surface area contributed by atoms with Crippen molar-refractivity contribution < 1.29 is 9.21 Å². The molecule has 120 valence electrons. The summed E-state index contributed by atoms with van der Waals surface area (Å²) >= 11 is 6.68. The van der Waals surface area contributed by atoms with E-state index in [4.69, 9.17) is 16.6 Å². The Bertz CT molecular complexity index is 684. The lowest BCUT2D eigenvalue weighted by molar-refractivity contribution is -0.113. The Morgan fingerprint density at radius 1 is 1.26 bits per heavy atom. The normalized spacial score (nSPS) is 14.0. The number of anilines is 1. The number of thiocarbonyl (C=S) groups is 1. The van der Waals surface area contributed by atoms with Gasteiger partial charge in [0.2, 0.25) is 11.8 Å². The molecule has 1 aromatic carbocycles. The molecular weight excluding hydrogens is 332 g/mol. The second-order valence-corrected chi connectivity index (χ2v) is 6.68. The maximum Gasteiger partial charge on any atom is 0.322 e. The zero-order chi connectivity index (χ0) is 16.1. The van der Waals surface area contributed by atoms with E-state index in [1.54, 1.807) is 0 Å². The van der Waals surface area contributed by atoms with Gasteiger partial charge in [-0.15, -0.1) is 5.10 Å². The third-order valence-electron chi connectivity index (χ3n) is 3.38. The van der Waals surface area contributed by atoms with Gasteiger partial charge in [0, 0.05) is 18.7 Å². The molecule has 0 saturated carbocycles. The lowest BCUT2D eigenvalue weighted by Gasteiger charge is -2.16. The summed E-state index contributed by atoms with van der Waals surface area (Å²) in [5.74, 6) is 0.402. The predicted molar refractivity (Wildman–Crippen MR) is 94.2 cm³/mol. The molecule has 1 amide bonds. The van der Waals surface area contributed by atoms with Gasteiger partial charge in [0.1, 0.15) is 4.32 Å². The van der Waals surface area contributed by atoms with Crippen LogP contribution in [-0.4, -0.2) is 44.2 Å². The molecule has 0 spiro atoms. The van der Waals surface area contributed by atoms with E-state index in [1.807, 2.05) is 30.3 Å². The summed E-state index contributed by atoms with van der Waals surface area (Å²) in [4.78, 5) is 14.1. The van der Waals surface area contributed by atoms with Crippen LogP contribution in [0.4, 0.5) is 6.01 Å². The molecule has 1 N–H and O–H groups in total. The van der Waals surface area contributed by atoms with Crippen molar-refractivity contribution in [3.8, 4) is 11.5 Å². The van der Waals surface area contributed by atoms with E-state index in [1.165, 1.54) is 11.8 Å². The van der Waals surface area contributed by atoms with Gasteiger partial charge in [0.15, 0.2) is 0 Å². The van der Waals surface area contributed by atoms with E-state index >= 15 is 0 Å². The highest BCUT2D eigenvalue weighted by Gasteiger charge is 2.17. The Labute approximate surface area is 143 Å². The largest absolute Gasteiger partial charge is 0.403 e. The molecule has 0 aliphatic carbocycles. The fourth-order valence-electron chi connectivity index (χ4n) is 2.24. The van der Waals surface area contributed by atoms with Gasteiger partial charge in [-0.05, 0) is 25.0 Å². The Hall–Kier alpha value is -1.93. The highest BCUT2D eigenvalue weighted by atomic mass is 32.2. The second-order valence-electron chi connectivity index (χ2n) is 5.08. The standard InChI is InChI=1S/C15H16N4O2S2/c20-12(10-23-15(22)19-8-4-5-9-19)16-14-18-17-13(21-14)11-6-2-1-3-7-11/h1-3,6-7H,4-5,8-10H2,(H,16,18,20). The van der Waals surface area contributed by atoms with Crippen LogP contribution in [0.3, 0.4) is 0 Å². The molecule has 2 aromatic rings. The van der Waals surface area contributed by atoms with Gasteiger partial charge in [0.25, 0.3) is 0 Å². The highest BCUT2D eigenvalue weighted by Crippen LogP contribution is 2.20.